The monoisotopic (exact) mass is 383 g/mol. The molecule has 2 aromatic carbocycles. The number of aromatic nitrogens is 3. The third kappa shape index (κ3) is 4.77. The van der Waals surface area contributed by atoms with E-state index in [1.807, 2.05) is 48.7 Å². The van der Waals surface area contributed by atoms with Gasteiger partial charge in [-0.15, -0.1) is 16.8 Å². The number of nitrogens with zero attached hydrogens (tertiary/aromatic N) is 3. The van der Waals surface area contributed by atoms with E-state index in [1.165, 1.54) is 23.9 Å². The zero-order valence-electron chi connectivity index (χ0n) is 15.4. The summed E-state index contributed by atoms with van der Waals surface area (Å²) in [6.45, 7) is 8.37. The van der Waals surface area contributed by atoms with Crippen molar-refractivity contribution in [2.45, 2.75) is 37.4 Å². The molecule has 3 aromatic rings. The van der Waals surface area contributed by atoms with Crippen LogP contribution < -0.4 is 4.74 Å². The fourth-order valence-corrected chi connectivity index (χ4v) is 3.61. The highest BCUT2D eigenvalue weighted by atomic mass is 32.2. The molecule has 0 aliphatic carbocycles. The lowest BCUT2D eigenvalue weighted by atomic mass is 10.2. The van der Waals surface area contributed by atoms with Crippen LogP contribution in [0.15, 0.2) is 66.3 Å². The summed E-state index contributed by atoms with van der Waals surface area (Å²) in [5, 5.41) is 9.41. The van der Waals surface area contributed by atoms with Gasteiger partial charge in [-0.25, -0.2) is 4.39 Å². The predicted octanol–water partition coefficient (Wildman–Crippen LogP) is 5.34. The maximum absolute atomic E-state index is 13.4. The summed E-state index contributed by atoms with van der Waals surface area (Å²) in [5.74, 6) is 1.94. The maximum Gasteiger partial charge on any atom is 0.191 e. The molecule has 1 unspecified atom stereocenters. The smallest absolute Gasteiger partial charge is 0.191 e. The van der Waals surface area contributed by atoms with Gasteiger partial charge in [-0.2, -0.15) is 0 Å². The van der Waals surface area contributed by atoms with Crippen molar-refractivity contribution in [3.63, 3.8) is 0 Å². The van der Waals surface area contributed by atoms with Gasteiger partial charge in [0, 0.05) is 12.3 Å². The largest absolute Gasteiger partial charge is 0.482 e. The number of rotatable bonds is 8. The third-order valence-corrected chi connectivity index (χ3v) is 5.11. The first-order valence-electron chi connectivity index (χ1n) is 8.72. The van der Waals surface area contributed by atoms with E-state index in [1.54, 1.807) is 12.1 Å². The van der Waals surface area contributed by atoms with Gasteiger partial charge in [-0.1, -0.05) is 48.2 Å². The average molecular weight is 383 g/mol. The molecule has 4 nitrogen and oxygen atoms in total. The number of benzene rings is 2. The minimum absolute atomic E-state index is 0.235. The van der Waals surface area contributed by atoms with Crippen LogP contribution in [-0.4, -0.2) is 14.8 Å². The predicted molar refractivity (Wildman–Crippen MR) is 106 cm³/mol. The number of allylic oxidation sites excluding steroid dienone is 1. The van der Waals surface area contributed by atoms with Crippen LogP contribution in [0, 0.1) is 12.7 Å². The van der Waals surface area contributed by atoms with Crippen molar-refractivity contribution in [1.29, 1.82) is 0 Å². The molecular formula is C21H22FN3OS. The molecule has 0 spiro atoms. The summed E-state index contributed by atoms with van der Waals surface area (Å²) in [6, 6.07) is 14.5. The van der Waals surface area contributed by atoms with Crippen LogP contribution in [0.4, 0.5) is 4.39 Å². The molecule has 1 atom stereocenters. The summed E-state index contributed by atoms with van der Waals surface area (Å²) in [4.78, 5) is 0. The topological polar surface area (TPSA) is 39.9 Å². The molecule has 0 amide bonds. The molecule has 0 aliphatic heterocycles. The number of ether oxygens (including phenoxy) is 1. The van der Waals surface area contributed by atoms with E-state index in [-0.39, 0.29) is 11.9 Å². The summed E-state index contributed by atoms with van der Waals surface area (Å²) in [7, 11) is 0. The second-order valence-electron chi connectivity index (χ2n) is 6.18. The summed E-state index contributed by atoms with van der Waals surface area (Å²) >= 11 is 1.52. The lowest BCUT2D eigenvalue weighted by Gasteiger charge is -2.17. The molecule has 0 saturated carbocycles. The van der Waals surface area contributed by atoms with E-state index in [2.05, 4.69) is 16.8 Å². The molecule has 1 aromatic heterocycles. The quantitative estimate of drug-likeness (QED) is 0.389. The lowest BCUT2D eigenvalue weighted by molar-refractivity contribution is 0.209. The van der Waals surface area contributed by atoms with E-state index < -0.39 is 0 Å². The van der Waals surface area contributed by atoms with E-state index >= 15 is 0 Å². The van der Waals surface area contributed by atoms with Crippen molar-refractivity contribution in [1.82, 2.24) is 14.8 Å². The molecule has 0 aliphatic rings. The number of aryl methyl sites for hydroxylation is 1. The molecular weight excluding hydrogens is 361 g/mol. The molecule has 0 bridgehead atoms. The van der Waals surface area contributed by atoms with Gasteiger partial charge in [0.25, 0.3) is 0 Å². The molecule has 0 fully saturated rings. The summed E-state index contributed by atoms with van der Waals surface area (Å²) in [5.41, 5.74) is 1.97. The Hall–Kier alpha value is -2.60. The molecule has 27 heavy (non-hydrogen) atoms. The second-order valence-corrected chi connectivity index (χ2v) is 7.13. The molecule has 0 radical (unpaired) electrons. The molecule has 140 valence electrons. The second kappa shape index (κ2) is 8.86. The van der Waals surface area contributed by atoms with Crippen LogP contribution in [0.2, 0.25) is 0 Å². The molecule has 3 rings (SSSR count). The van der Waals surface area contributed by atoms with Gasteiger partial charge in [0.15, 0.2) is 17.1 Å². The molecule has 1 heterocycles. The minimum atomic E-state index is -0.262. The Labute approximate surface area is 163 Å². The van der Waals surface area contributed by atoms with E-state index in [9.17, 15) is 4.39 Å². The number of halogens is 1. The SMILES string of the molecule is C=CCn1c(SCc2cccc(F)c2)nnc1C(C)Oc1ccccc1C. The van der Waals surface area contributed by atoms with Gasteiger partial charge in [0.1, 0.15) is 11.6 Å². The van der Waals surface area contributed by atoms with Gasteiger partial charge in [0.05, 0.1) is 0 Å². The average Bonchev–Trinajstić information content (AvgIpc) is 3.05. The zero-order valence-corrected chi connectivity index (χ0v) is 16.2. The Morgan fingerprint density at radius 3 is 2.78 bits per heavy atom. The fraction of sp³-hybridized carbons (Fsp3) is 0.238. The normalized spacial score (nSPS) is 12.0. The fourth-order valence-electron chi connectivity index (χ4n) is 2.71. The highest BCUT2D eigenvalue weighted by Gasteiger charge is 2.19. The van der Waals surface area contributed by atoms with E-state index in [4.69, 9.17) is 4.74 Å². The van der Waals surface area contributed by atoms with Gasteiger partial charge in [0.2, 0.25) is 0 Å². The molecule has 6 heteroatoms. The van der Waals surface area contributed by atoms with Crippen molar-refractivity contribution in [2.75, 3.05) is 0 Å². The van der Waals surface area contributed by atoms with Crippen LogP contribution in [-0.2, 0) is 12.3 Å². The van der Waals surface area contributed by atoms with Crippen molar-refractivity contribution in [2.24, 2.45) is 0 Å². The van der Waals surface area contributed by atoms with Gasteiger partial charge in [-0.05, 0) is 43.2 Å². The Morgan fingerprint density at radius 1 is 1.22 bits per heavy atom. The zero-order chi connectivity index (χ0) is 19.2. The first-order valence-corrected chi connectivity index (χ1v) is 9.70. The van der Waals surface area contributed by atoms with E-state index in [0.717, 1.165) is 27.9 Å². The van der Waals surface area contributed by atoms with Crippen LogP contribution in [0.1, 0.15) is 30.0 Å². The number of thioether (sulfide) groups is 1. The minimum Gasteiger partial charge on any atom is -0.482 e. The summed E-state index contributed by atoms with van der Waals surface area (Å²) in [6.07, 6.45) is 1.54. The van der Waals surface area contributed by atoms with Crippen molar-refractivity contribution >= 4 is 11.8 Å². The number of para-hydroxylation sites is 1. The number of hydrogen-bond acceptors (Lipinski definition) is 4. The maximum atomic E-state index is 13.4. The van der Waals surface area contributed by atoms with E-state index in [0.29, 0.717) is 12.3 Å². The van der Waals surface area contributed by atoms with Crippen LogP contribution in [0.5, 0.6) is 5.75 Å². The van der Waals surface area contributed by atoms with Crippen LogP contribution >= 0.6 is 11.8 Å². The van der Waals surface area contributed by atoms with Crippen molar-refractivity contribution in [3.05, 3.63) is 84.0 Å². The Bertz CT molecular complexity index is 925. The van der Waals surface area contributed by atoms with Crippen LogP contribution in [0.25, 0.3) is 0 Å². The molecule has 0 N–H and O–H groups in total. The van der Waals surface area contributed by atoms with Crippen molar-refractivity contribution < 1.29 is 9.13 Å². The lowest BCUT2D eigenvalue weighted by Crippen LogP contribution is -2.12. The first-order chi connectivity index (χ1) is 13.1. The Morgan fingerprint density at radius 2 is 2.04 bits per heavy atom. The third-order valence-electron chi connectivity index (χ3n) is 4.08. The van der Waals surface area contributed by atoms with Gasteiger partial charge < -0.3 is 4.74 Å². The summed E-state index contributed by atoms with van der Waals surface area (Å²) < 4.78 is 21.4. The Kier molecular flexibility index (Phi) is 6.29. The number of hydrogen-bond donors (Lipinski definition) is 0. The molecule has 0 saturated heterocycles. The highest BCUT2D eigenvalue weighted by molar-refractivity contribution is 7.98. The van der Waals surface area contributed by atoms with Crippen molar-refractivity contribution in [3.8, 4) is 5.75 Å². The van der Waals surface area contributed by atoms with Crippen LogP contribution in [0.3, 0.4) is 0 Å². The van der Waals surface area contributed by atoms with Gasteiger partial charge >= 0.3 is 0 Å². The first kappa shape index (κ1) is 19.2. The Balaban J connectivity index is 1.77. The highest BCUT2D eigenvalue weighted by Crippen LogP contribution is 2.28. The van der Waals surface area contributed by atoms with Gasteiger partial charge in [-0.3, -0.25) is 4.57 Å². The standard InChI is InChI=1S/C21H22FN3OS/c1-4-12-25-20(16(3)26-19-11-6-5-8-15(19)2)23-24-21(25)27-14-17-9-7-10-18(22)13-17/h4-11,13,16H,1,12,14H2,2-3H3.